The first-order chi connectivity index (χ1) is 11.6. The molecule has 0 aliphatic rings. The van der Waals surface area contributed by atoms with Gasteiger partial charge in [0, 0.05) is 19.6 Å². The highest BCUT2D eigenvalue weighted by Gasteiger charge is 2.27. The number of nitrogens with one attached hydrogen (secondary N) is 2. The predicted molar refractivity (Wildman–Crippen MR) is 98.8 cm³/mol. The Balaban J connectivity index is 2.38. The average Bonchev–Trinajstić information content (AvgIpc) is 2.58. The molecule has 2 aromatic carbocycles. The smallest absolute Gasteiger partial charge is 0.257 e. The molecule has 2 rings (SSSR count). The highest BCUT2D eigenvalue weighted by atomic mass is 16.3. The Hall–Kier alpha value is -2.83. The van der Waals surface area contributed by atoms with Crippen LogP contribution in [0.1, 0.15) is 37.6 Å². The van der Waals surface area contributed by atoms with Crippen molar-refractivity contribution in [2.24, 2.45) is 0 Å². The number of rotatable bonds is 6. The Bertz CT molecular complexity index is 877. The molecule has 7 nitrogen and oxygen atoms in total. The maximum atomic E-state index is 12.1. The number of phenolic OH excluding ortho intramolecular Hbond substituents is 1. The third-order valence-electron chi connectivity index (χ3n) is 4.19. The maximum absolute atomic E-state index is 12.1. The number of aromatic hydroxyl groups is 1. The van der Waals surface area contributed by atoms with Gasteiger partial charge >= 0.3 is 0 Å². The molecule has 0 aliphatic heterocycles. The zero-order valence-corrected chi connectivity index (χ0v) is 15.1. The molecule has 2 aromatic rings. The van der Waals surface area contributed by atoms with E-state index in [1.807, 2.05) is 20.8 Å². The van der Waals surface area contributed by atoms with E-state index < -0.39 is 10.9 Å². The summed E-state index contributed by atoms with van der Waals surface area (Å²) in [5.41, 5.74) is -1.02. The highest BCUT2D eigenvalue weighted by Crippen LogP contribution is 2.32. The van der Waals surface area contributed by atoms with Gasteiger partial charge in [-0.2, -0.15) is 0 Å². The van der Waals surface area contributed by atoms with Crippen LogP contribution in [0.2, 0.25) is 0 Å². The van der Waals surface area contributed by atoms with Gasteiger partial charge in [0.2, 0.25) is 0 Å². The molecule has 0 radical (unpaired) electrons. The quantitative estimate of drug-likeness (QED) is 0.547. The number of anilines is 3. The molecule has 0 spiro atoms. The van der Waals surface area contributed by atoms with Crippen LogP contribution in [0.15, 0.2) is 27.8 Å². The summed E-state index contributed by atoms with van der Waals surface area (Å²) in [5, 5.41) is 16.2. The molecule has 0 bridgehead atoms. The number of phenols is 1. The van der Waals surface area contributed by atoms with Crippen molar-refractivity contribution in [3.63, 3.8) is 0 Å². The molecule has 25 heavy (non-hydrogen) atoms. The summed E-state index contributed by atoms with van der Waals surface area (Å²) in [6.07, 6.45) is 0.753. The summed E-state index contributed by atoms with van der Waals surface area (Å²) < 4.78 is 0. The molecule has 0 saturated heterocycles. The summed E-state index contributed by atoms with van der Waals surface area (Å²) in [4.78, 5) is 37.2. The summed E-state index contributed by atoms with van der Waals surface area (Å²) in [7, 11) is 3.15. The van der Waals surface area contributed by atoms with Crippen LogP contribution in [0.3, 0.4) is 0 Å². The van der Waals surface area contributed by atoms with Crippen LogP contribution in [0.5, 0.6) is 5.75 Å². The number of hydrogen-bond acceptors (Lipinski definition) is 6. The van der Waals surface area contributed by atoms with Crippen LogP contribution in [0, 0.1) is 0 Å². The number of benzene rings is 1. The Kier molecular flexibility index (Phi) is 4.87. The third kappa shape index (κ3) is 3.50. The third-order valence-corrected chi connectivity index (χ3v) is 4.19. The van der Waals surface area contributed by atoms with Gasteiger partial charge in [-0.15, -0.1) is 0 Å². The molecular formula is C18H23N3O4. The van der Waals surface area contributed by atoms with Crippen molar-refractivity contribution in [3.8, 4) is 5.75 Å². The van der Waals surface area contributed by atoms with Crippen molar-refractivity contribution in [2.45, 2.75) is 32.7 Å². The molecule has 0 unspecified atom stereocenters. The molecule has 7 heteroatoms. The Labute approximate surface area is 146 Å². The van der Waals surface area contributed by atoms with E-state index in [2.05, 4.69) is 10.6 Å². The van der Waals surface area contributed by atoms with Gasteiger partial charge < -0.3 is 20.6 Å². The monoisotopic (exact) mass is 345 g/mol. The molecule has 0 aliphatic carbocycles. The molecule has 3 N–H and O–H groups in total. The molecule has 0 saturated carbocycles. The van der Waals surface area contributed by atoms with E-state index in [0.717, 1.165) is 6.42 Å². The van der Waals surface area contributed by atoms with Gasteiger partial charge in [0.05, 0.1) is 11.3 Å². The average molecular weight is 345 g/mol. The number of nitrogens with zero attached hydrogens (tertiary/aromatic N) is 1. The van der Waals surface area contributed by atoms with Crippen LogP contribution in [0.4, 0.5) is 17.1 Å². The zero-order valence-electron chi connectivity index (χ0n) is 15.1. The fourth-order valence-electron chi connectivity index (χ4n) is 2.25. The fraction of sp³-hybridized carbons (Fsp3) is 0.389. The van der Waals surface area contributed by atoms with Crippen LogP contribution < -0.4 is 21.5 Å². The second kappa shape index (κ2) is 6.58. The zero-order chi connectivity index (χ0) is 18.9. The van der Waals surface area contributed by atoms with E-state index in [4.69, 9.17) is 0 Å². The maximum Gasteiger partial charge on any atom is 0.257 e. The largest absolute Gasteiger partial charge is 0.505 e. The summed E-state index contributed by atoms with van der Waals surface area (Å²) >= 11 is 0. The lowest BCUT2D eigenvalue weighted by molar-refractivity contribution is 0.0824. The minimum atomic E-state index is -0.654. The van der Waals surface area contributed by atoms with E-state index in [1.54, 1.807) is 20.2 Å². The molecule has 0 atom stereocenters. The summed E-state index contributed by atoms with van der Waals surface area (Å²) in [6.45, 7) is 5.80. The Morgan fingerprint density at radius 2 is 1.76 bits per heavy atom. The van der Waals surface area contributed by atoms with Gasteiger partial charge in [-0.3, -0.25) is 14.4 Å². The molecule has 0 heterocycles. The number of carbonyl (C=O) groups is 1. The van der Waals surface area contributed by atoms with E-state index in [0.29, 0.717) is 0 Å². The molecule has 1 amide bonds. The van der Waals surface area contributed by atoms with E-state index in [1.165, 1.54) is 17.0 Å². The van der Waals surface area contributed by atoms with Crippen molar-refractivity contribution in [1.29, 1.82) is 0 Å². The first-order valence-corrected chi connectivity index (χ1v) is 8.01. The molecular weight excluding hydrogens is 322 g/mol. The van der Waals surface area contributed by atoms with Crippen molar-refractivity contribution in [2.75, 3.05) is 24.7 Å². The summed E-state index contributed by atoms with van der Waals surface area (Å²) in [6, 6.07) is 4.62. The van der Waals surface area contributed by atoms with Gasteiger partial charge in [-0.25, -0.2) is 0 Å². The number of amides is 1. The minimum Gasteiger partial charge on any atom is -0.505 e. The summed E-state index contributed by atoms with van der Waals surface area (Å²) in [5.74, 6) is -0.633. The van der Waals surface area contributed by atoms with Crippen LogP contribution in [-0.2, 0) is 0 Å². The lowest BCUT2D eigenvalue weighted by Crippen LogP contribution is -2.42. The SMILES string of the molecule is CCC(C)(C)Nc1c(Nc2cccc(C(=O)N(C)C)c2O)c(=O)c1=O. The van der Waals surface area contributed by atoms with Gasteiger partial charge in [0.1, 0.15) is 11.4 Å². The van der Waals surface area contributed by atoms with Crippen molar-refractivity contribution < 1.29 is 9.90 Å². The van der Waals surface area contributed by atoms with Gasteiger partial charge in [0.15, 0.2) is 5.75 Å². The Morgan fingerprint density at radius 3 is 2.32 bits per heavy atom. The lowest BCUT2D eigenvalue weighted by atomic mass is 10.00. The van der Waals surface area contributed by atoms with E-state index in [9.17, 15) is 19.5 Å². The lowest BCUT2D eigenvalue weighted by Gasteiger charge is -2.28. The first kappa shape index (κ1) is 18.5. The van der Waals surface area contributed by atoms with Gasteiger partial charge in [-0.1, -0.05) is 13.0 Å². The van der Waals surface area contributed by atoms with Crippen LogP contribution in [-0.4, -0.2) is 35.5 Å². The molecule has 0 aromatic heterocycles. The number of carbonyl (C=O) groups excluding carboxylic acids is 1. The van der Waals surface area contributed by atoms with Gasteiger partial charge in [-0.05, 0) is 32.4 Å². The number of hydrogen-bond donors (Lipinski definition) is 3. The van der Waals surface area contributed by atoms with E-state index >= 15 is 0 Å². The normalized spacial score (nSPS) is 11.4. The fourth-order valence-corrected chi connectivity index (χ4v) is 2.25. The predicted octanol–water partition coefficient (Wildman–Crippen LogP) is 2.03. The topological polar surface area (TPSA) is 98.7 Å². The second-order valence-corrected chi connectivity index (χ2v) is 6.80. The van der Waals surface area contributed by atoms with Crippen molar-refractivity contribution in [1.82, 2.24) is 4.90 Å². The minimum absolute atomic E-state index is 0.0938. The van der Waals surface area contributed by atoms with Crippen molar-refractivity contribution >= 4 is 23.0 Å². The first-order valence-electron chi connectivity index (χ1n) is 8.01. The van der Waals surface area contributed by atoms with Crippen LogP contribution in [0.25, 0.3) is 0 Å². The number of para-hydroxylation sites is 1. The van der Waals surface area contributed by atoms with Crippen LogP contribution >= 0.6 is 0 Å². The van der Waals surface area contributed by atoms with E-state index in [-0.39, 0.29) is 39.8 Å². The van der Waals surface area contributed by atoms with Crippen molar-refractivity contribution in [3.05, 3.63) is 44.2 Å². The second-order valence-electron chi connectivity index (χ2n) is 6.80. The van der Waals surface area contributed by atoms with Gasteiger partial charge in [0.25, 0.3) is 16.8 Å². The molecule has 134 valence electrons. The molecule has 0 fully saturated rings. The Morgan fingerprint density at radius 1 is 1.16 bits per heavy atom. The highest BCUT2D eigenvalue weighted by molar-refractivity contribution is 5.99. The standard InChI is InChI=1S/C18H23N3O4/c1-6-18(2,3)20-13-12(15(23)16(13)24)19-11-9-7-8-10(14(11)22)17(25)21(4)5/h7-9,19-20,22H,6H2,1-5H3.